The van der Waals surface area contributed by atoms with Crippen LogP contribution in [0.3, 0.4) is 0 Å². The van der Waals surface area contributed by atoms with E-state index in [9.17, 15) is 14.4 Å². The van der Waals surface area contributed by atoms with E-state index in [4.69, 9.17) is 19.4 Å². The number of amides is 3. The van der Waals surface area contributed by atoms with Crippen molar-refractivity contribution >= 4 is 24.2 Å². The first kappa shape index (κ1) is 29.5. The second-order valence-electron chi connectivity index (χ2n) is 10.4. The smallest absolute Gasteiger partial charge is 0.290 e. The van der Waals surface area contributed by atoms with Crippen molar-refractivity contribution in [3.8, 4) is 11.5 Å². The van der Waals surface area contributed by atoms with Gasteiger partial charge in [0.1, 0.15) is 31.0 Å². The standard InChI is InChI=1S/C28H31N7O5.CH2O2/c36-26(17-35-18-30-31-32-35)33-9-2-8-29-27(37)24-16-34(28(38)21-5-6-25-20(13-21)7-11-40-25)15-23(24)19-3-1-4-22(14-19)39-12-10-33;2-1-3/h1,3-6,13-14,18,23-24H,2,7-12,15-17H2,(H,29,37);1H,(H,2,3)/t23-,24+;/m1./s1. The molecule has 43 heavy (non-hydrogen) atoms. The number of nitrogens with zero attached hydrogens (tertiary/aromatic N) is 6. The zero-order valence-electron chi connectivity index (χ0n) is 23.5. The molecule has 3 aliphatic rings. The topological polar surface area (TPSA) is 169 Å². The van der Waals surface area contributed by atoms with Gasteiger partial charge >= 0.3 is 0 Å². The lowest BCUT2D eigenvalue weighted by atomic mass is 9.88. The number of carbonyl (C=O) groups is 4. The molecule has 6 rings (SSSR count). The Bertz CT molecular complexity index is 1450. The maximum absolute atomic E-state index is 13.5. The number of benzene rings is 2. The van der Waals surface area contributed by atoms with E-state index in [2.05, 4.69) is 20.8 Å². The van der Waals surface area contributed by atoms with Crippen molar-refractivity contribution in [2.24, 2.45) is 5.92 Å². The molecule has 2 N–H and O–H groups in total. The molecular formula is C29H33N7O7. The van der Waals surface area contributed by atoms with Crippen LogP contribution in [0.5, 0.6) is 11.5 Å². The molecule has 2 aromatic carbocycles. The number of rotatable bonds is 3. The van der Waals surface area contributed by atoms with Gasteiger partial charge in [-0.15, -0.1) is 5.10 Å². The number of fused-ring (bicyclic) bond motifs is 5. The van der Waals surface area contributed by atoms with Crippen molar-refractivity contribution in [2.75, 3.05) is 45.9 Å². The van der Waals surface area contributed by atoms with Gasteiger partial charge in [-0.3, -0.25) is 19.2 Å². The fourth-order valence-electron chi connectivity index (χ4n) is 5.65. The third-order valence-electron chi connectivity index (χ3n) is 7.74. The minimum Gasteiger partial charge on any atom is -0.493 e. The number of hydrogen-bond acceptors (Lipinski definition) is 9. The first-order valence-electron chi connectivity index (χ1n) is 14.1. The fourth-order valence-corrected chi connectivity index (χ4v) is 5.65. The summed E-state index contributed by atoms with van der Waals surface area (Å²) >= 11 is 0. The molecule has 14 heteroatoms. The molecule has 226 valence electrons. The molecule has 0 aliphatic carbocycles. The molecular weight excluding hydrogens is 558 g/mol. The monoisotopic (exact) mass is 591 g/mol. The summed E-state index contributed by atoms with van der Waals surface area (Å²) in [6, 6.07) is 13.2. The van der Waals surface area contributed by atoms with E-state index in [1.54, 1.807) is 15.9 Å². The molecule has 4 heterocycles. The van der Waals surface area contributed by atoms with Crippen molar-refractivity contribution in [3.63, 3.8) is 0 Å². The molecule has 3 aromatic rings. The Morgan fingerprint density at radius 2 is 1.88 bits per heavy atom. The Morgan fingerprint density at radius 1 is 1.05 bits per heavy atom. The highest BCUT2D eigenvalue weighted by molar-refractivity contribution is 5.95. The molecule has 3 aliphatic heterocycles. The summed E-state index contributed by atoms with van der Waals surface area (Å²) in [7, 11) is 0. The maximum Gasteiger partial charge on any atom is 0.290 e. The van der Waals surface area contributed by atoms with Gasteiger partial charge in [-0.25, -0.2) is 4.68 Å². The predicted octanol–water partition coefficient (Wildman–Crippen LogP) is 0.592. The molecule has 2 atom stereocenters. The largest absolute Gasteiger partial charge is 0.493 e. The number of carboxylic acid groups (broad SMARTS) is 1. The van der Waals surface area contributed by atoms with Crippen LogP contribution in [0.2, 0.25) is 0 Å². The zero-order chi connectivity index (χ0) is 30.2. The molecule has 0 spiro atoms. The molecule has 2 bridgehead atoms. The van der Waals surface area contributed by atoms with E-state index in [0.29, 0.717) is 63.7 Å². The van der Waals surface area contributed by atoms with Gasteiger partial charge in [-0.2, -0.15) is 0 Å². The molecule has 14 nitrogen and oxygen atoms in total. The van der Waals surface area contributed by atoms with Crippen LogP contribution in [-0.4, -0.2) is 105 Å². The van der Waals surface area contributed by atoms with Crippen LogP contribution in [-0.2, 0) is 27.3 Å². The zero-order valence-corrected chi connectivity index (χ0v) is 23.5. The van der Waals surface area contributed by atoms with Gasteiger partial charge in [0.05, 0.1) is 19.1 Å². The highest BCUT2D eigenvalue weighted by Crippen LogP contribution is 2.36. The van der Waals surface area contributed by atoms with Crippen molar-refractivity contribution < 1.29 is 33.8 Å². The summed E-state index contributed by atoms with van der Waals surface area (Å²) in [6.07, 6.45) is 2.77. The molecule has 0 saturated carbocycles. The summed E-state index contributed by atoms with van der Waals surface area (Å²) in [5.74, 6) is 0.601. The number of carbonyl (C=O) groups excluding carboxylic acids is 3. The van der Waals surface area contributed by atoms with E-state index < -0.39 is 5.92 Å². The summed E-state index contributed by atoms with van der Waals surface area (Å²) in [4.78, 5) is 51.7. The number of likely N-dealkylation sites (tertiary alicyclic amines) is 1. The number of hydrogen-bond donors (Lipinski definition) is 2. The van der Waals surface area contributed by atoms with Crippen LogP contribution in [0.25, 0.3) is 0 Å². The van der Waals surface area contributed by atoms with Crippen LogP contribution in [0.15, 0.2) is 48.8 Å². The van der Waals surface area contributed by atoms with Gasteiger partial charge in [-0.1, -0.05) is 12.1 Å². The summed E-state index contributed by atoms with van der Waals surface area (Å²) in [6.45, 7) is 2.74. The van der Waals surface area contributed by atoms with E-state index in [-0.39, 0.29) is 36.7 Å². The van der Waals surface area contributed by atoms with Crippen LogP contribution >= 0.6 is 0 Å². The van der Waals surface area contributed by atoms with E-state index in [1.807, 2.05) is 36.4 Å². The quantitative estimate of drug-likeness (QED) is 0.411. The average molecular weight is 592 g/mol. The van der Waals surface area contributed by atoms with Gasteiger partial charge in [0, 0.05) is 44.1 Å². The van der Waals surface area contributed by atoms with Crippen LogP contribution < -0.4 is 14.8 Å². The Labute approximate surface area is 247 Å². The third-order valence-corrected chi connectivity index (χ3v) is 7.74. The Morgan fingerprint density at radius 3 is 2.70 bits per heavy atom. The summed E-state index contributed by atoms with van der Waals surface area (Å²) in [5, 5.41) is 20.9. The van der Waals surface area contributed by atoms with Crippen molar-refractivity contribution in [1.82, 2.24) is 35.3 Å². The Kier molecular flexibility index (Phi) is 9.44. The SMILES string of the molecule is O=C1NCCCN(C(=O)Cn2cnnn2)CCOc2cccc(c2)[C@H]2CN(C(=O)c3ccc4c(c3)CCO4)C[C@H]12.O=CO. The first-order chi connectivity index (χ1) is 21.0. The van der Waals surface area contributed by atoms with E-state index in [1.165, 1.54) is 11.0 Å². The van der Waals surface area contributed by atoms with Gasteiger partial charge in [0.25, 0.3) is 12.4 Å². The normalized spacial score (nSPS) is 19.8. The molecule has 3 amide bonds. The molecule has 1 saturated heterocycles. The maximum atomic E-state index is 13.5. The van der Waals surface area contributed by atoms with Crippen molar-refractivity contribution in [1.29, 1.82) is 0 Å². The number of tetrazole rings is 1. The van der Waals surface area contributed by atoms with E-state index >= 15 is 0 Å². The molecule has 0 unspecified atom stereocenters. The van der Waals surface area contributed by atoms with Gasteiger partial charge in [0.15, 0.2) is 0 Å². The molecule has 1 fully saturated rings. The lowest BCUT2D eigenvalue weighted by Gasteiger charge is -2.24. The van der Waals surface area contributed by atoms with Gasteiger partial charge in [0.2, 0.25) is 11.8 Å². The van der Waals surface area contributed by atoms with Crippen LogP contribution in [0, 0.1) is 5.92 Å². The third kappa shape index (κ3) is 7.08. The Balaban J connectivity index is 0.00000118. The fraction of sp³-hybridized carbons (Fsp3) is 0.414. The van der Waals surface area contributed by atoms with E-state index in [0.717, 1.165) is 23.3 Å². The van der Waals surface area contributed by atoms with Gasteiger partial charge < -0.3 is 29.7 Å². The van der Waals surface area contributed by atoms with Crippen LogP contribution in [0.4, 0.5) is 0 Å². The second-order valence-corrected chi connectivity index (χ2v) is 10.4. The number of ether oxygens (including phenoxy) is 2. The highest BCUT2D eigenvalue weighted by Gasteiger charge is 2.41. The van der Waals surface area contributed by atoms with Crippen molar-refractivity contribution in [2.45, 2.75) is 25.3 Å². The average Bonchev–Trinajstić information content (AvgIpc) is 3.79. The number of nitrogens with one attached hydrogen (secondary N) is 1. The second kappa shape index (κ2) is 13.8. The van der Waals surface area contributed by atoms with Crippen LogP contribution in [0.1, 0.15) is 33.8 Å². The van der Waals surface area contributed by atoms with Crippen molar-refractivity contribution in [3.05, 3.63) is 65.5 Å². The lowest BCUT2D eigenvalue weighted by Crippen LogP contribution is -2.40. The van der Waals surface area contributed by atoms with Gasteiger partial charge in [-0.05, 0) is 58.3 Å². The minimum atomic E-state index is -0.405. The highest BCUT2D eigenvalue weighted by atomic mass is 16.5. The minimum absolute atomic E-state index is 0.0275. The predicted molar refractivity (Wildman–Crippen MR) is 150 cm³/mol. The molecule has 1 aromatic heterocycles. The Hall–Kier alpha value is -5.01. The number of aromatic nitrogens is 4. The summed E-state index contributed by atoms with van der Waals surface area (Å²) in [5.41, 5.74) is 2.59. The summed E-state index contributed by atoms with van der Waals surface area (Å²) < 4.78 is 13.0. The first-order valence-corrected chi connectivity index (χ1v) is 14.1. The molecule has 0 radical (unpaired) electrons. The lowest BCUT2D eigenvalue weighted by molar-refractivity contribution is -0.132.